The summed E-state index contributed by atoms with van der Waals surface area (Å²) >= 11 is 0. The summed E-state index contributed by atoms with van der Waals surface area (Å²) in [5.41, 5.74) is 5.66. The number of halogens is 2. The lowest BCUT2D eigenvalue weighted by Gasteiger charge is -2.36. The van der Waals surface area contributed by atoms with Gasteiger partial charge in [0.15, 0.2) is 0 Å². The number of hydrogen-bond donors (Lipinski definition) is 1. The highest BCUT2D eigenvalue weighted by molar-refractivity contribution is 4.81. The van der Waals surface area contributed by atoms with Gasteiger partial charge >= 0.3 is 0 Å². The van der Waals surface area contributed by atoms with E-state index in [1.54, 1.807) is 0 Å². The van der Waals surface area contributed by atoms with Crippen molar-refractivity contribution in [2.75, 3.05) is 26.2 Å². The summed E-state index contributed by atoms with van der Waals surface area (Å²) in [4.78, 5) is 2.44. The van der Waals surface area contributed by atoms with E-state index in [2.05, 4.69) is 4.90 Å². The molecule has 1 aliphatic heterocycles. The first-order chi connectivity index (χ1) is 8.09. The fraction of sp³-hybridized carbons (Fsp3) is 1.00. The van der Waals surface area contributed by atoms with E-state index in [1.807, 2.05) is 0 Å². The lowest BCUT2D eigenvalue weighted by atomic mass is 9.86. The summed E-state index contributed by atoms with van der Waals surface area (Å²) in [6, 6.07) is 0. The average Bonchev–Trinajstić information content (AvgIpc) is 2.33. The maximum atomic E-state index is 13.0. The highest BCUT2D eigenvalue weighted by Gasteiger charge is 2.35. The summed E-state index contributed by atoms with van der Waals surface area (Å²) in [7, 11) is 0. The standard InChI is InChI=1S/C13H24F2N2/c14-13(15)5-1-12(2-6-13)10-17-7-3-11(9-16)4-8-17/h11-12H,1-10,16H2. The van der Waals surface area contributed by atoms with E-state index in [9.17, 15) is 8.78 Å². The zero-order valence-electron chi connectivity index (χ0n) is 10.5. The van der Waals surface area contributed by atoms with E-state index in [-0.39, 0.29) is 12.8 Å². The molecule has 0 aromatic carbocycles. The van der Waals surface area contributed by atoms with Crippen LogP contribution in [-0.2, 0) is 0 Å². The molecule has 2 nitrogen and oxygen atoms in total. The van der Waals surface area contributed by atoms with Crippen LogP contribution in [0.3, 0.4) is 0 Å². The number of rotatable bonds is 3. The second-order valence-corrected chi connectivity index (χ2v) is 5.78. The number of alkyl halides is 2. The minimum Gasteiger partial charge on any atom is -0.330 e. The van der Waals surface area contributed by atoms with Crippen LogP contribution in [0.2, 0.25) is 0 Å². The van der Waals surface area contributed by atoms with Gasteiger partial charge in [-0.3, -0.25) is 0 Å². The highest BCUT2D eigenvalue weighted by atomic mass is 19.3. The molecule has 1 aliphatic carbocycles. The van der Waals surface area contributed by atoms with Gasteiger partial charge in [0.05, 0.1) is 0 Å². The molecule has 2 aliphatic rings. The normalized spacial score (nSPS) is 28.4. The van der Waals surface area contributed by atoms with Crippen LogP contribution < -0.4 is 5.73 Å². The Bertz CT molecular complexity index is 228. The Balaban J connectivity index is 1.69. The molecule has 0 amide bonds. The summed E-state index contributed by atoms with van der Waals surface area (Å²) in [6.45, 7) is 4.03. The van der Waals surface area contributed by atoms with E-state index in [0.29, 0.717) is 24.7 Å². The summed E-state index contributed by atoms with van der Waals surface area (Å²) in [5.74, 6) is -1.21. The molecule has 0 bridgehead atoms. The van der Waals surface area contributed by atoms with Crippen molar-refractivity contribution in [2.45, 2.75) is 44.4 Å². The van der Waals surface area contributed by atoms with Crippen LogP contribution >= 0.6 is 0 Å². The van der Waals surface area contributed by atoms with Crippen molar-refractivity contribution < 1.29 is 8.78 Å². The van der Waals surface area contributed by atoms with Crippen molar-refractivity contribution in [2.24, 2.45) is 17.6 Å². The van der Waals surface area contributed by atoms with Crippen LogP contribution in [0.1, 0.15) is 38.5 Å². The summed E-state index contributed by atoms with van der Waals surface area (Å²) in [5, 5.41) is 0. The highest BCUT2D eigenvalue weighted by Crippen LogP contribution is 2.36. The minimum atomic E-state index is -2.39. The number of nitrogens with two attached hydrogens (primary N) is 1. The van der Waals surface area contributed by atoms with Crippen LogP contribution in [0.15, 0.2) is 0 Å². The molecule has 4 heteroatoms. The van der Waals surface area contributed by atoms with Crippen molar-refractivity contribution in [3.05, 3.63) is 0 Å². The minimum absolute atomic E-state index is 0.0942. The molecule has 1 heterocycles. The second-order valence-electron chi connectivity index (χ2n) is 5.78. The zero-order valence-corrected chi connectivity index (χ0v) is 10.5. The molecule has 100 valence electrons. The van der Waals surface area contributed by atoms with E-state index in [1.165, 1.54) is 12.8 Å². The number of hydrogen-bond acceptors (Lipinski definition) is 2. The van der Waals surface area contributed by atoms with Gasteiger partial charge in [0.2, 0.25) is 5.92 Å². The Morgan fingerprint density at radius 1 is 1.00 bits per heavy atom. The van der Waals surface area contributed by atoms with E-state index in [0.717, 1.165) is 26.2 Å². The van der Waals surface area contributed by atoms with Gasteiger partial charge in [-0.1, -0.05) is 0 Å². The smallest absolute Gasteiger partial charge is 0.248 e. The third-order valence-electron chi connectivity index (χ3n) is 4.39. The zero-order chi connectivity index (χ0) is 12.3. The van der Waals surface area contributed by atoms with Crippen LogP contribution in [0.5, 0.6) is 0 Å². The van der Waals surface area contributed by atoms with E-state index >= 15 is 0 Å². The number of nitrogens with zero attached hydrogens (tertiary/aromatic N) is 1. The molecule has 0 unspecified atom stereocenters. The summed E-state index contributed by atoms with van der Waals surface area (Å²) < 4.78 is 26.1. The first kappa shape index (κ1) is 13.2. The number of likely N-dealkylation sites (tertiary alicyclic amines) is 1. The Hall–Kier alpha value is -0.220. The molecule has 2 fully saturated rings. The van der Waals surface area contributed by atoms with Crippen LogP contribution in [0.4, 0.5) is 8.78 Å². The molecule has 0 spiro atoms. The van der Waals surface area contributed by atoms with Crippen molar-refractivity contribution in [1.29, 1.82) is 0 Å². The van der Waals surface area contributed by atoms with Gasteiger partial charge in [-0.15, -0.1) is 0 Å². The fourth-order valence-electron chi connectivity index (χ4n) is 3.05. The molecular weight excluding hydrogens is 222 g/mol. The van der Waals surface area contributed by atoms with Gasteiger partial charge in [0.25, 0.3) is 0 Å². The molecule has 0 atom stereocenters. The van der Waals surface area contributed by atoms with E-state index in [4.69, 9.17) is 5.73 Å². The number of piperidine rings is 1. The van der Waals surface area contributed by atoms with Gasteiger partial charge in [-0.2, -0.15) is 0 Å². The molecule has 0 radical (unpaired) electrons. The predicted molar refractivity (Wildman–Crippen MR) is 65.1 cm³/mol. The van der Waals surface area contributed by atoms with Crippen molar-refractivity contribution in [3.8, 4) is 0 Å². The Labute approximate surface area is 103 Å². The molecule has 2 N–H and O–H groups in total. The molecular formula is C13H24F2N2. The van der Waals surface area contributed by atoms with Crippen LogP contribution in [-0.4, -0.2) is 37.0 Å². The maximum absolute atomic E-state index is 13.0. The van der Waals surface area contributed by atoms with E-state index < -0.39 is 5.92 Å². The molecule has 17 heavy (non-hydrogen) atoms. The van der Waals surface area contributed by atoms with Gasteiger partial charge in [0.1, 0.15) is 0 Å². The van der Waals surface area contributed by atoms with Gasteiger partial charge < -0.3 is 10.6 Å². The van der Waals surface area contributed by atoms with Crippen molar-refractivity contribution in [3.63, 3.8) is 0 Å². The van der Waals surface area contributed by atoms with Crippen LogP contribution in [0, 0.1) is 11.8 Å². The third kappa shape index (κ3) is 3.88. The molecule has 0 aromatic heterocycles. The monoisotopic (exact) mass is 246 g/mol. The second kappa shape index (κ2) is 5.61. The quantitative estimate of drug-likeness (QED) is 0.829. The topological polar surface area (TPSA) is 29.3 Å². The lowest BCUT2D eigenvalue weighted by Crippen LogP contribution is -2.40. The Morgan fingerprint density at radius 2 is 1.59 bits per heavy atom. The van der Waals surface area contributed by atoms with Gasteiger partial charge in [-0.05, 0) is 57.2 Å². The Morgan fingerprint density at radius 3 is 2.12 bits per heavy atom. The summed E-state index contributed by atoms with van der Waals surface area (Å²) in [6.07, 6.45) is 3.94. The first-order valence-electron chi connectivity index (χ1n) is 6.89. The Kier molecular flexibility index (Phi) is 4.36. The largest absolute Gasteiger partial charge is 0.330 e. The lowest BCUT2D eigenvalue weighted by molar-refractivity contribution is -0.0496. The molecule has 0 aromatic rings. The SMILES string of the molecule is NCC1CCN(CC2CCC(F)(F)CC2)CC1. The van der Waals surface area contributed by atoms with Gasteiger partial charge in [0, 0.05) is 19.4 Å². The molecule has 2 rings (SSSR count). The molecule has 1 saturated heterocycles. The van der Waals surface area contributed by atoms with Gasteiger partial charge in [-0.25, -0.2) is 8.78 Å². The molecule has 1 saturated carbocycles. The van der Waals surface area contributed by atoms with Crippen LogP contribution in [0.25, 0.3) is 0 Å². The first-order valence-corrected chi connectivity index (χ1v) is 6.89. The average molecular weight is 246 g/mol. The fourth-order valence-corrected chi connectivity index (χ4v) is 3.05. The predicted octanol–water partition coefficient (Wildman–Crippen LogP) is 2.48. The van der Waals surface area contributed by atoms with Crippen molar-refractivity contribution >= 4 is 0 Å². The third-order valence-corrected chi connectivity index (χ3v) is 4.39. The maximum Gasteiger partial charge on any atom is 0.248 e. The van der Waals surface area contributed by atoms with Crippen molar-refractivity contribution in [1.82, 2.24) is 4.90 Å².